The Morgan fingerprint density at radius 3 is 2.24 bits per heavy atom. The van der Waals surface area contributed by atoms with Gasteiger partial charge >= 0.3 is 5.97 Å². The molecule has 0 bridgehead atoms. The Morgan fingerprint density at radius 1 is 1.09 bits per heavy atom. The third-order valence-electron chi connectivity index (χ3n) is 5.98. The van der Waals surface area contributed by atoms with Gasteiger partial charge in [-0.3, -0.25) is 9.59 Å². The van der Waals surface area contributed by atoms with Crippen molar-refractivity contribution in [3.63, 3.8) is 0 Å². The molecule has 3 rings (SSSR count). The second-order valence-corrected chi connectivity index (χ2v) is 8.62. The van der Waals surface area contributed by atoms with Gasteiger partial charge in [0.1, 0.15) is 0 Å². The number of likely N-dealkylation sites (tertiary alicyclic amines) is 1. The summed E-state index contributed by atoms with van der Waals surface area (Å²) in [7, 11) is 1.45. The number of rotatable bonds is 5. The molecule has 0 aliphatic carbocycles. The highest BCUT2D eigenvalue weighted by molar-refractivity contribution is 14.0. The summed E-state index contributed by atoms with van der Waals surface area (Å²) in [5.74, 6) is 0.750. The van der Waals surface area contributed by atoms with Gasteiger partial charge in [0.15, 0.2) is 5.96 Å². The summed E-state index contributed by atoms with van der Waals surface area (Å²) in [5.41, 5.74) is 1.74. The summed E-state index contributed by atoms with van der Waals surface area (Å²) in [6.07, 6.45) is 1.65. The van der Waals surface area contributed by atoms with Crippen molar-refractivity contribution in [2.75, 3.05) is 39.8 Å². The van der Waals surface area contributed by atoms with Gasteiger partial charge in [-0.25, -0.2) is 4.99 Å². The van der Waals surface area contributed by atoms with Crippen molar-refractivity contribution >= 4 is 41.8 Å². The van der Waals surface area contributed by atoms with Crippen molar-refractivity contribution in [3.05, 3.63) is 35.4 Å². The molecule has 1 aromatic rings. The van der Waals surface area contributed by atoms with E-state index in [9.17, 15) is 9.59 Å². The van der Waals surface area contributed by atoms with E-state index in [1.807, 2.05) is 49.9 Å². The molecule has 2 aliphatic heterocycles. The van der Waals surface area contributed by atoms with Gasteiger partial charge in [0, 0.05) is 38.3 Å². The molecule has 8 nitrogen and oxygen atoms in total. The average Bonchev–Trinajstić information content (AvgIpc) is 2.80. The number of hydrogen-bond acceptors (Lipinski definition) is 5. The normalized spacial score (nSPS) is 21.9. The Kier molecular flexibility index (Phi) is 10.9. The summed E-state index contributed by atoms with van der Waals surface area (Å²) in [6, 6.07) is 7.70. The van der Waals surface area contributed by atoms with Crippen LogP contribution in [0.15, 0.2) is 29.3 Å². The van der Waals surface area contributed by atoms with Crippen molar-refractivity contribution in [1.29, 1.82) is 0 Å². The second kappa shape index (κ2) is 13.1. The molecule has 0 saturated carbocycles. The molecule has 0 radical (unpaired) electrons. The van der Waals surface area contributed by atoms with Crippen molar-refractivity contribution < 1.29 is 19.1 Å². The highest BCUT2D eigenvalue weighted by atomic mass is 127. The quantitative estimate of drug-likeness (QED) is 0.253. The van der Waals surface area contributed by atoms with Crippen LogP contribution in [0.2, 0.25) is 0 Å². The van der Waals surface area contributed by atoms with Crippen molar-refractivity contribution in [2.45, 2.75) is 52.4 Å². The largest absolute Gasteiger partial charge is 0.469 e. The maximum Gasteiger partial charge on any atom is 0.308 e. The topological polar surface area (TPSA) is 83.5 Å². The zero-order valence-corrected chi connectivity index (χ0v) is 22.4. The predicted molar refractivity (Wildman–Crippen MR) is 139 cm³/mol. The Labute approximate surface area is 214 Å². The van der Waals surface area contributed by atoms with Crippen molar-refractivity contribution in [3.8, 4) is 0 Å². The number of piperidine rings is 1. The van der Waals surface area contributed by atoms with E-state index in [1.165, 1.54) is 7.11 Å². The number of guanidine groups is 1. The number of morpholine rings is 1. The van der Waals surface area contributed by atoms with E-state index in [4.69, 9.17) is 14.5 Å². The summed E-state index contributed by atoms with van der Waals surface area (Å²) < 4.78 is 10.6. The number of halogens is 1. The van der Waals surface area contributed by atoms with Crippen LogP contribution in [-0.4, -0.2) is 79.7 Å². The highest BCUT2D eigenvalue weighted by Crippen LogP contribution is 2.19. The van der Waals surface area contributed by atoms with E-state index < -0.39 is 0 Å². The molecule has 2 fully saturated rings. The number of amides is 1. The molecular weight excluding hydrogens is 535 g/mol. The van der Waals surface area contributed by atoms with Gasteiger partial charge in [-0.05, 0) is 51.3 Å². The molecule has 0 spiro atoms. The molecule has 1 amide bonds. The Balaban J connectivity index is 0.00000385. The standard InChI is InChI=1S/C24H36N4O4.HI/c1-5-25-24(27-12-10-21(11-13-27)23(30)31-4)26-14-19-6-8-20(9-7-19)22(29)28-15-17(2)32-18(3)16-28;/h6-9,17-18,21H,5,10-16H2,1-4H3,(H,25,26);1H. The third-order valence-corrected chi connectivity index (χ3v) is 5.98. The predicted octanol–water partition coefficient (Wildman–Crippen LogP) is 2.90. The molecule has 1 N–H and O–H groups in total. The summed E-state index contributed by atoms with van der Waals surface area (Å²) >= 11 is 0. The van der Waals surface area contributed by atoms with E-state index >= 15 is 0 Å². The second-order valence-electron chi connectivity index (χ2n) is 8.62. The lowest BCUT2D eigenvalue weighted by Crippen LogP contribution is -2.48. The number of esters is 1. The van der Waals surface area contributed by atoms with E-state index in [0.717, 1.165) is 44.0 Å². The van der Waals surface area contributed by atoms with Crippen LogP contribution in [0, 0.1) is 5.92 Å². The number of carbonyl (C=O) groups is 2. The molecule has 2 unspecified atom stereocenters. The number of nitrogens with one attached hydrogen (secondary N) is 1. The van der Waals surface area contributed by atoms with Gasteiger partial charge in [-0.1, -0.05) is 12.1 Å². The average molecular weight is 572 g/mol. The lowest BCUT2D eigenvalue weighted by molar-refractivity contribution is -0.146. The minimum atomic E-state index is -0.123. The summed E-state index contributed by atoms with van der Waals surface area (Å²) in [5, 5.41) is 3.35. The maximum atomic E-state index is 12.8. The lowest BCUT2D eigenvalue weighted by atomic mass is 9.97. The Bertz CT molecular complexity index is 799. The van der Waals surface area contributed by atoms with Crippen LogP contribution in [0.25, 0.3) is 0 Å². The summed E-state index contributed by atoms with van der Waals surface area (Å²) in [6.45, 7) is 10.1. The van der Waals surface area contributed by atoms with Crippen LogP contribution < -0.4 is 5.32 Å². The van der Waals surface area contributed by atoms with Gasteiger partial charge < -0.3 is 24.6 Å². The number of ether oxygens (including phenoxy) is 2. The van der Waals surface area contributed by atoms with Gasteiger partial charge in [-0.2, -0.15) is 0 Å². The van der Waals surface area contributed by atoms with Gasteiger partial charge in [-0.15, -0.1) is 24.0 Å². The lowest BCUT2D eigenvalue weighted by Gasteiger charge is -2.35. The number of nitrogens with zero attached hydrogens (tertiary/aromatic N) is 3. The van der Waals surface area contributed by atoms with Crippen LogP contribution in [0.3, 0.4) is 0 Å². The molecule has 0 aromatic heterocycles. The fourth-order valence-electron chi connectivity index (χ4n) is 4.36. The van der Waals surface area contributed by atoms with Crippen LogP contribution in [-0.2, 0) is 20.8 Å². The smallest absolute Gasteiger partial charge is 0.308 e. The maximum absolute atomic E-state index is 12.8. The molecular formula is C24H37IN4O4. The third kappa shape index (κ3) is 7.56. The summed E-state index contributed by atoms with van der Waals surface area (Å²) in [4.78, 5) is 33.5. The molecule has 2 saturated heterocycles. The zero-order chi connectivity index (χ0) is 23.1. The van der Waals surface area contributed by atoms with Crippen LogP contribution in [0.5, 0.6) is 0 Å². The van der Waals surface area contributed by atoms with Gasteiger partial charge in [0.25, 0.3) is 5.91 Å². The molecule has 1 aromatic carbocycles. The minimum Gasteiger partial charge on any atom is -0.469 e. The van der Waals surface area contributed by atoms with Crippen LogP contribution in [0.1, 0.15) is 49.5 Å². The number of benzene rings is 1. The Hall–Kier alpha value is -1.88. The van der Waals surface area contributed by atoms with E-state index in [2.05, 4.69) is 10.2 Å². The monoisotopic (exact) mass is 572 g/mol. The molecule has 2 atom stereocenters. The number of methoxy groups -OCH3 is 1. The zero-order valence-electron chi connectivity index (χ0n) is 20.1. The Morgan fingerprint density at radius 2 is 1.70 bits per heavy atom. The van der Waals surface area contributed by atoms with Crippen LogP contribution in [0.4, 0.5) is 0 Å². The fraction of sp³-hybridized carbons (Fsp3) is 0.625. The highest BCUT2D eigenvalue weighted by Gasteiger charge is 2.28. The first-order valence-corrected chi connectivity index (χ1v) is 11.6. The van der Waals surface area contributed by atoms with E-state index in [-0.39, 0.29) is 54.0 Å². The van der Waals surface area contributed by atoms with Crippen molar-refractivity contribution in [1.82, 2.24) is 15.1 Å². The molecule has 2 aliphatic rings. The number of carbonyl (C=O) groups excluding carboxylic acids is 2. The first-order chi connectivity index (χ1) is 15.4. The first-order valence-electron chi connectivity index (χ1n) is 11.6. The SMILES string of the molecule is CCNC(=NCc1ccc(C(=O)N2CC(C)OC(C)C2)cc1)N1CCC(C(=O)OC)CC1.I. The van der Waals surface area contributed by atoms with E-state index in [0.29, 0.717) is 25.2 Å². The van der Waals surface area contributed by atoms with E-state index in [1.54, 1.807) is 0 Å². The van der Waals surface area contributed by atoms with Gasteiger partial charge in [0.05, 0.1) is 31.8 Å². The molecule has 2 heterocycles. The minimum absolute atomic E-state index is 0. The van der Waals surface area contributed by atoms with Gasteiger partial charge in [0.2, 0.25) is 0 Å². The molecule has 9 heteroatoms. The fourth-order valence-corrected chi connectivity index (χ4v) is 4.36. The first kappa shape index (κ1) is 27.4. The van der Waals surface area contributed by atoms with Crippen LogP contribution >= 0.6 is 24.0 Å². The van der Waals surface area contributed by atoms with Crippen molar-refractivity contribution in [2.24, 2.45) is 10.9 Å². The number of hydrogen-bond donors (Lipinski definition) is 1. The number of aliphatic imine (C=N–C) groups is 1. The molecule has 184 valence electrons. The molecule has 33 heavy (non-hydrogen) atoms.